The van der Waals surface area contributed by atoms with E-state index in [0.29, 0.717) is 31.5 Å². The van der Waals surface area contributed by atoms with E-state index in [2.05, 4.69) is 10.6 Å². The molecule has 1 saturated heterocycles. The Balaban J connectivity index is 1.89. The van der Waals surface area contributed by atoms with Gasteiger partial charge in [0, 0.05) is 24.7 Å². The Bertz CT molecular complexity index is 631. The molecule has 1 fully saturated rings. The number of piperidine rings is 1. The first-order valence-electron chi connectivity index (χ1n) is 8.48. The normalized spacial score (nSPS) is 17.3. The van der Waals surface area contributed by atoms with E-state index in [-0.39, 0.29) is 36.2 Å². The molecule has 1 heterocycles. The molecule has 6 nitrogen and oxygen atoms in total. The van der Waals surface area contributed by atoms with E-state index in [1.54, 1.807) is 4.90 Å². The first-order valence-corrected chi connectivity index (χ1v) is 8.48. The minimum Gasteiger partial charge on any atom is -0.352 e. The predicted molar refractivity (Wildman–Crippen MR) is 91.3 cm³/mol. The zero-order valence-corrected chi connectivity index (χ0v) is 14.5. The molecule has 2 rings (SSSR count). The van der Waals surface area contributed by atoms with Crippen LogP contribution in [0.15, 0.2) is 24.3 Å². The molecule has 25 heavy (non-hydrogen) atoms. The number of nitrogens with zero attached hydrogens (tertiary/aromatic N) is 1. The summed E-state index contributed by atoms with van der Waals surface area (Å²) in [7, 11) is 0. The predicted octanol–water partition coefficient (Wildman–Crippen LogP) is 1.32. The van der Waals surface area contributed by atoms with Crippen LogP contribution in [0.1, 0.15) is 37.0 Å². The maximum atomic E-state index is 13.0. The molecule has 1 aliphatic heterocycles. The molecule has 1 unspecified atom stereocenters. The molecule has 1 aromatic rings. The van der Waals surface area contributed by atoms with Gasteiger partial charge in [-0.05, 0) is 51.0 Å². The van der Waals surface area contributed by atoms with Crippen molar-refractivity contribution in [3.63, 3.8) is 0 Å². The van der Waals surface area contributed by atoms with Gasteiger partial charge in [-0.25, -0.2) is 4.39 Å². The van der Waals surface area contributed by atoms with Crippen LogP contribution in [0.5, 0.6) is 0 Å². The summed E-state index contributed by atoms with van der Waals surface area (Å²) < 4.78 is 13.0. The van der Waals surface area contributed by atoms with Crippen molar-refractivity contribution < 1.29 is 18.8 Å². The Morgan fingerprint density at radius 3 is 2.56 bits per heavy atom. The first-order chi connectivity index (χ1) is 11.9. The number of rotatable bonds is 5. The third kappa shape index (κ3) is 5.55. The van der Waals surface area contributed by atoms with E-state index in [9.17, 15) is 18.8 Å². The number of nitrogens with one attached hydrogen (secondary N) is 2. The van der Waals surface area contributed by atoms with Crippen molar-refractivity contribution in [1.29, 1.82) is 0 Å². The minimum atomic E-state index is -0.396. The number of benzene rings is 1. The molecule has 0 bridgehead atoms. The van der Waals surface area contributed by atoms with E-state index in [1.165, 1.54) is 24.3 Å². The van der Waals surface area contributed by atoms with E-state index >= 15 is 0 Å². The van der Waals surface area contributed by atoms with Gasteiger partial charge in [-0.3, -0.25) is 14.4 Å². The van der Waals surface area contributed by atoms with Gasteiger partial charge in [0.1, 0.15) is 5.82 Å². The fraction of sp³-hybridized carbons (Fsp3) is 0.500. The second kappa shape index (κ2) is 8.60. The molecule has 1 aromatic carbocycles. The van der Waals surface area contributed by atoms with E-state index in [0.717, 1.165) is 0 Å². The zero-order valence-electron chi connectivity index (χ0n) is 14.5. The van der Waals surface area contributed by atoms with Crippen LogP contribution in [0.25, 0.3) is 0 Å². The third-order valence-electron chi connectivity index (χ3n) is 4.04. The van der Waals surface area contributed by atoms with Gasteiger partial charge in [-0.15, -0.1) is 0 Å². The average molecular weight is 349 g/mol. The molecular formula is C18H24FN3O3. The van der Waals surface area contributed by atoms with Crippen LogP contribution in [0.4, 0.5) is 4.39 Å². The number of carbonyl (C=O) groups excluding carboxylic acids is 3. The number of hydrogen-bond acceptors (Lipinski definition) is 3. The third-order valence-corrected chi connectivity index (χ3v) is 4.04. The number of halogens is 1. The molecule has 7 heteroatoms. The smallest absolute Gasteiger partial charge is 0.253 e. The lowest BCUT2D eigenvalue weighted by molar-refractivity contribution is -0.129. The average Bonchev–Trinajstić information content (AvgIpc) is 2.59. The van der Waals surface area contributed by atoms with E-state index in [4.69, 9.17) is 0 Å². The van der Waals surface area contributed by atoms with Crippen LogP contribution in [-0.2, 0) is 9.59 Å². The summed E-state index contributed by atoms with van der Waals surface area (Å²) in [6, 6.07) is 5.39. The fourth-order valence-electron chi connectivity index (χ4n) is 2.84. The monoisotopic (exact) mass is 349 g/mol. The summed E-state index contributed by atoms with van der Waals surface area (Å²) in [5.74, 6) is -1.42. The second-order valence-electron chi connectivity index (χ2n) is 6.54. The lowest BCUT2D eigenvalue weighted by Crippen LogP contribution is -2.47. The SMILES string of the molecule is CC(C)NC(=O)CNC(=O)C1CCCN(C(=O)c2ccc(F)cc2)C1. The van der Waals surface area contributed by atoms with Crippen molar-refractivity contribution >= 4 is 17.7 Å². The topological polar surface area (TPSA) is 78.5 Å². The van der Waals surface area contributed by atoms with E-state index < -0.39 is 5.82 Å². The van der Waals surface area contributed by atoms with E-state index in [1.807, 2.05) is 13.8 Å². The molecule has 0 aliphatic carbocycles. The van der Waals surface area contributed by atoms with Crippen molar-refractivity contribution in [1.82, 2.24) is 15.5 Å². The molecule has 3 amide bonds. The van der Waals surface area contributed by atoms with Gasteiger partial charge in [-0.2, -0.15) is 0 Å². The number of likely N-dealkylation sites (tertiary alicyclic amines) is 1. The standard InChI is InChI=1S/C18H24FN3O3/c1-12(2)21-16(23)10-20-17(24)14-4-3-9-22(11-14)18(25)13-5-7-15(19)8-6-13/h5-8,12,14H,3-4,9-11H2,1-2H3,(H,20,24)(H,21,23). The van der Waals surface area contributed by atoms with Gasteiger partial charge in [0.15, 0.2) is 0 Å². The maximum absolute atomic E-state index is 13.0. The quantitative estimate of drug-likeness (QED) is 0.841. The van der Waals surface area contributed by atoms with Gasteiger partial charge in [0.25, 0.3) is 5.91 Å². The maximum Gasteiger partial charge on any atom is 0.253 e. The Hall–Kier alpha value is -2.44. The van der Waals surface area contributed by atoms with Crippen LogP contribution < -0.4 is 10.6 Å². The van der Waals surface area contributed by atoms with Crippen LogP contribution in [0.2, 0.25) is 0 Å². The summed E-state index contributed by atoms with van der Waals surface area (Å²) in [4.78, 5) is 37.9. The summed E-state index contributed by atoms with van der Waals surface area (Å²) in [5.41, 5.74) is 0.402. The Morgan fingerprint density at radius 2 is 1.92 bits per heavy atom. The van der Waals surface area contributed by atoms with Crippen molar-refractivity contribution in [2.24, 2.45) is 5.92 Å². The molecular weight excluding hydrogens is 325 g/mol. The molecule has 2 N–H and O–H groups in total. The molecule has 0 radical (unpaired) electrons. The highest BCUT2D eigenvalue weighted by Crippen LogP contribution is 2.19. The Kier molecular flexibility index (Phi) is 6.50. The van der Waals surface area contributed by atoms with Gasteiger partial charge >= 0.3 is 0 Å². The van der Waals surface area contributed by atoms with Gasteiger partial charge in [0.2, 0.25) is 11.8 Å². The summed E-state index contributed by atoms with van der Waals surface area (Å²) in [6.45, 7) is 4.49. The second-order valence-corrected chi connectivity index (χ2v) is 6.54. The highest BCUT2D eigenvalue weighted by Gasteiger charge is 2.29. The van der Waals surface area contributed by atoms with Crippen LogP contribution in [0, 0.1) is 11.7 Å². The number of carbonyl (C=O) groups is 3. The van der Waals surface area contributed by atoms with Crippen molar-refractivity contribution in [2.75, 3.05) is 19.6 Å². The Morgan fingerprint density at radius 1 is 1.24 bits per heavy atom. The van der Waals surface area contributed by atoms with Gasteiger partial charge < -0.3 is 15.5 Å². The molecule has 0 spiro atoms. The largest absolute Gasteiger partial charge is 0.352 e. The van der Waals surface area contributed by atoms with Crippen LogP contribution >= 0.6 is 0 Å². The summed E-state index contributed by atoms with van der Waals surface area (Å²) in [5, 5.41) is 5.33. The summed E-state index contributed by atoms with van der Waals surface area (Å²) >= 11 is 0. The molecule has 136 valence electrons. The van der Waals surface area contributed by atoms with Crippen molar-refractivity contribution in [3.8, 4) is 0 Å². The number of hydrogen-bond donors (Lipinski definition) is 2. The van der Waals surface area contributed by atoms with Crippen molar-refractivity contribution in [2.45, 2.75) is 32.7 Å². The van der Waals surface area contributed by atoms with Gasteiger partial charge in [0.05, 0.1) is 12.5 Å². The van der Waals surface area contributed by atoms with Crippen LogP contribution in [-0.4, -0.2) is 48.3 Å². The lowest BCUT2D eigenvalue weighted by atomic mass is 9.96. The molecule has 0 aromatic heterocycles. The first kappa shape index (κ1) is 18.9. The van der Waals surface area contributed by atoms with Crippen LogP contribution in [0.3, 0.4) is 0 Å². The molecule has 1 aliphatic rings. The summed E-state index contributed by atoms with van der Waals surface area (Å²) in [6.07, 6.45) is 1.38. The molecule has 1 atom stereocenters. The Labute approximate surface area is 146 Å². The lowest BCUT2D eigenvalue weighted by Gasteiger charge is -2.32. The fourth-order valence-corrected chi connectivity index (χ4v) is 2.84. The zero-order chi connectivity index (χ0) is 18.4. The van der Waals surface area contributed by atoms with Crippen molar-refractivity contribution in [3.05, 3.63) is 35.6 Å². The number of amides is 3. The minimum absolute atomic E-state index is 0.0166. The highest BCUT2D eigenvalue weighted by molar-refractivity contribution is 5.94. The van der Waals surface area contributed by atoms with Gasteiger partial charge in [-0.1, -0.05) is 0 Å². The molecule has 0 saturated carbocycles. The highest BCUT2D eigenvalue weighted by atomic mass is 19.1.